The molecule has 17 heavy (non-hydrogen) atoms. The standard InChI is InChI=1S/C10H17N5O2/c1-17-6-8(11)10(16)14-9-2-3-13-15(9)7-4-12-5-7/h2-3,7-8,12H,4-6,11H2,1H3,(H,14,16). The minimum Gasteiger partial charge on any atom is -0.383 e. The number of nitrogens with two attached hydrogens (primary N) is 1. The number of carbonyl (C=O) groups is 1. The highest BCUT2D eigenvalue weighted by Crippen LogP contribution is 2.17. The molecule has 2 heterocycles. The predicted octanol–water partition coefficient (Wildman–Crippen LogP) is -1.06. The third kappa shape index (κ3) is 2.63. The van der Waals surface area contributed by atoms with Crippen LogP contribution in [0.5, 0.6) is 0 Å². The zero-order valence-corrected chi connectivity index (χ0v) is 9.72. The molecule has 1 unspecified atom stereocenters. The van der Waals surface area contributed by atoms with Gasteiger partial charge in [0, 0.05) is 26.3 Å². The van der Waals surface area contributed by atoms with Gasteiger partial charge in [-0.05, 0) is 0 Å². The first kappa shape index (κ1) is 12.0. The second kappa shape index (κ2) is 5.26. The van der Waals surface area contributed by atoms with Crippen molar-refractivity contribution in [2.24, 2.45) is 5.73 Å². The van der Waals surface area contributed by atoms with Gasteiger partial charge < -0.3 is 21.1 Å². The summed E-state index contributed by atoms with van der Waals surface area (Å²) in [5.41, 5.74) is 5.64. The summed E-state index contributed by atoms with van der Waals surface area (Å²) in [5.74, 6) is 0.411. The number of methoxy groups -OCH3 is 1. The summed E-state index contributed by atoms with van der Waals surface area (Å²) < 4.78 is 6.64. The second-order valence-corrected chi connectivity index (χ2v) is 4.02. The highest BCUT2D eigenvalue weighted by Gasteiger charge is 2.23. The van der Waals surface area contributed by atoms with Gasteiger partial charge in [-0.25, -0.2) is 4.68 Å². The van der Waals surface area contributed by atoms with E-state index in [1.165, 1.54) is 7.11 Å². The monoisotopic (exact) mass is 239 g/mol. The predicted molar refractivity (Wildman–Crippen MR) is 62.6 cm³/mol. The molecule has 0 saturated carbocycles. The molecular weight excluding hydrogens is 222 g/mol. The van der Waals surface area contributed by atoms with E-state index in [1.54, 1.807) is 16.9 Å². The number of nitrogens with one attached hydrogen (secondary N) is 2. The maximum Gasteiger partial charge on any atom is 0.244 e. The molecule has 1 aromatic heterocycles. The van der Waals surface area contributed by atoms with E-state index in [0.29, 0.717) is 11.9 Å². The summed E-state index contributed by atoms with van der Waals surface area (Å²) in [6.07, 6.45) is 1.66. The molecule has 7 heteroatoms. The van der Waals surface area contributed by atoms with Crippen LogP contribution in [0.4, 0.5) is 5.82 Å². The van der Waals surface area contributed by atoms with Gasteiger partial charge in [0.15, 0.2) is 0 Å². The Bertz CT molecular complexity index is 388. The van der Waals surface area contributed by atoms with Crippen LogP contribution in [0, 0.1) is 0 Å². The van der Waals surface area contributed by atoms with Crippen molar-refractivity contribution in [3.05, 3.63) is 12.3 Å². The zero-order valence-electron chi connectivity index (χ0n) is 9.72. The molecule has 1 atom stereocenters. The van der Waals surface area contributed by atoms with Gasteiger partial charge in [0.25, 0.3) is 0 Å². The van der Waals surface area contributed by atoms with Crippen molar-refractivity contribution in [1.29, 1.82) is 0 Å². The zero-order chi connectivity index (χ0) is 12.3. The quantitative estimate of drug-likeness (QED) is 0.609. The van der Waals surface area contributed by atoms with E-state index in [1.807, 2.05) is 0 Å². The molecule has 0 bridgehead atoms. The Morgan fingerprint density at radius 3 is 3.18 bits per heavy atom. The fourth-order valence-corrected chi connectivity index (χ4v) is 1.62. The van der Waals surface area contributed by atoms with Crippen molar-refractivity contribution in [2.75, 3.05) is 32.1 Å². The fourth-order valence-electron chi connectivity index (χ4n) is 1.62. The molecule has 1 aliphatic rings. The summed E-state index contributed by atoms with van der Waals surface area (Å²) in [7, 11) is 1.51. The molecule has 1 aromatic rings. The Balaban J connectivity index is 1.98. The SMILES string of the molecule is COCC(N)C(=O)Nc1ccnn1C1CNC1. The normalized spacial score (nSPS) is 17.5. The van der Waals surface area contributed by atoms with Crippen LogP contribution < -0.4 is 16.4 Å². The van der Waals surface area contributed by atoms with Crippen LogP contribution in [-0.2, 0) is 9.53 Å². The van der Waals surface area contributed by atoms with E-state index in [0.717, 1.165) is 13.1 Å². The van der Waals surface area contributed by atoms with Crippen molar-refractivity contribution >= 4 is 11.7 Å². The van der Waals surface area contributed by atoms with Crippen molar-refractivity contribution in [2.45, 2.75) is 12.1 Å². The summed E-state index contributed by atoms with van der Waals surface area (Å²) >= 11 is 0. The number of hydrogen-bond donors (Lipinski definition) is 3. The van der Waals surface area contributed by atoms with E-state index in [9.17, 15) is 4.79 Å². The number of anilines is 1. The number of carbonyl (C=O) groups excluding carboxylic acids is 1. The van der Waals surface area contributed by atoms with Gasteiger partial charge in [-0.1, -0.05) is 0 Å². The van der Waals surface area contributed by atoms with E-state index in [2.05, 4.69) is 15.7 Å². The Morgan fingerprint density at radius 1 is 1.82 bits per heavy atom. The molecule has 2 rings (SSSR count). The molecule has 1 amide bonds. The molecular formula is C10H17N5O2. The number of ether oxygens (including phenoxy) is 1. The first-order valence-electron chi connectivity index (χ1n) is 5.52. The number of hydrogen-bond acceptors (Lipinski definition) is 5. The Morgan fingerprint density at radius 2 is 2.59 bits per heavy atom. The topological polar surface area (TPSA) is 94.2 Å². The first-order chi connectivity index (χ1) is 8.22. The number of nitrogens with zero attached hydrogens (tertiary/aromatic N) is 2. The molecule has 0 aliphatic carbocycles. The van der Waals surface area contributed by atoms with E-state index < -0.39 is 6.04 Å². The van der Waals surface area contributed by atoms with E-state index in [-0.39, 0.29) is 12.5 Å². The van der Waals surface area contributed by atoms with Gasteiger partial charge in [0.1, 0.15) is 11.9 Å². The lowest BCUT2D eigenvalue weighted by Gasteiger charge is -2.28. The summed E-state index contributed by atoms with van der Waals surface area (Å²) in [6, 6.07) is 1.40. The van der Waals surface area contributed by atoms with Gasteiger partial charge >= 0.3 is 0 Å². The maximum atomic E-state index is 11.7. The lowest BCUT2D eigenvalue weighted by atomic mass is 10.2. The second-order valence-electron chi connectivity index (χ2n) is 4.02. The molecule has 0 radical (unpaired) electrons. The lowest BCUT2D eigenvalue weighted by Crippen LogP contribution is -2.45. The van der Waals surface area contributed by atoms with Gasteiger partial charge in [-0.3, -0.25) is 4.79 Å². The minimum atomic E-state index is -0.664. The van der Waals surface area contributed by atoms with Crippen LogP contribution in [-0.4, -0.2) is 48.5 Å². The number of amides is 1. The average molecular weight is 239 g/mol. The summed E-state index contributed by atoms with van der Waals surface area (Å²) in [4.78, 5) is 11.7. The summed E-state index contributed by atoms with van der Waals surface area (Å²) in [6.45, 7) is 1.94. The minimum absolute atomic E-state index is 0.199. The molecule has 1 saturated heterocycles. The van der Waals surface area contributed by atoms with Gasteiger partial charge in [-0.2, -0.15) is 5.10 Å². The van der Waals surface area contributed by atoms with Crippen LogP contribution in [0.2, 0.25) is 0 Å². The molecule has 1 aliphatic heterocycles. The molecule has 4 N–H and O–H groups in total. The molecule has 1 fully saturated rings. The smallest absolute Gasteiger partial charge is 0.244 e. The lowest BCUT2D eigenvalue weighted by molar-refractivity contribution is -0.118. The highest BCUT2D eigenvalue weighted by atomic mass is 16.5. The third-order valence-electron chi connectivity index (χ3n) is 2.71. The molecule has 0 spiro atoms. The Hall–Kier alpha value is -1.44. The summed E-state index contributed by atoms with van der Waals surface area (Å²) in [5, 5.41) is 10.1. The molecule has 94 valence electrons. The molecule has 7 nitrogen and oxygen atoms in total. The molecule has 0 aromatic carbocycles. The highest BCUT2D eigenvalue weighted by molar-refractivity contribution is 5.94. The maximum absolute atomic E-state index is 11.7. The Labute approximate surface area is 99.3 Å². The third-order valence-corrected chi connectivity index (χ3v) is 2.71. The van der Waals surface area contributed by atoms with Crippen molar-refractivity contribution in [3.8, 4) is 0 Å². The van der Waals surface area contributed by atoms with Crippen LogP contribution in [0.3, 0.4) is 0 Å². The van der Waals surface area contributed by atoms with Crippen LogP contribution >= 0.6 is 0 Å². The van der Waals surface area contributed by atoms with Crippen LogP contribution in [0.1, 0.15) is 6.04 Å². The van der Waals surface area contributed by atoms with Crippen molar-refractivity contribution in [1.82, 2.24) is 15.1 Å². The largest absolute Gasteiger partial charge is 0.383 e. The van der Waals surface area contributed by atoms with Crippen molar-refractivity contribution < 1.29 is 9.53 Å². The first-order valence-corrected chi connectivity index (χ1v) is 5.52. The van der Waals surface area contributed by atoms with E-state index in [4.69, 9.17) is 10.5 Å². The van der Waals surface area contributed by atoms with Gasteiger partial charge in [0.2, 0.25) is 5.91 Å². The number of rotatable bonds is 5. The number of aromatic nitrogens is 2. The fraction of sp³-hybridized carbons (Fsp3) is 0.600. The van der Waals surface area contributed by atoms with Crippen molar-refractivity contribution in [3.63, 3.8) is 0 Å². The Kier molecular flexibility index (Phi) is 3.72. The van der Waals surface area contributed by atoms with Crippen LogP contribution in [0.15, 0.2) is 12.3 Å². The van der Waals surface area contributed by atoms with E-state index >= 15 is 0 Å². The van der Waals surface area contributed by atoms with Gasteiger partial charge in [0.05, 0.1) is 18.8 Å². The van der Waals surface area contributed by atoms with Gasteiger partial charge in [-0.15, -0.1) is 0 Å². The average Bonchev–Trinajstić information content (AvgIpc) is 2.64. The van der Waals surface area contributed by atoms with Crippen LogP contribution in [0.25, 0.3) is 0 Å².